The fourth-order valence-corrected chi connectivity index (χ4v) is 3.77. The van der Waals surface area contributed by atoms with E-state index in [9.17, 15) is 14.4 Å². The summed E-state index contributed by atoms with van der Waals surface area (Å²) < 4.78 is 11.0. The Hall–Kier alpha value is -2.97. The van der Waals surface area contributed by atoms with Crippen LogP contribution in [-0.2, 0) is 15.1 Å². The van der Waals surface area contributed by atoms with Crippen LogP contribution in [0.2, 0.25) is 10.0 Å². The third-order valence-corrected chi connectivity index (χ3v) is 5.45. The maximum atomic E-state index is 13.1. The third kappa shape index (κ3) is 3.64. The summed E-state index contributed by atoms with van der Waals surface area (Å²) in [6, 6.07) is 8.93. The minimum Gasteiger partial charge on any atom is -0.486 e. The van der Waals surface area contributed by atoms with E-state index < -0.39 is 29.9 Å². The van der Waals surface area contributed by atoms with Crippen molar-refractivity contribution < 1.29 is 23.9 Å². The van der Waals surface area contributed by atoms with Crippen LogP contribution in [0.5, 0.6) is 11.5 Å². The number of fused-ring (bicyclic) bond motifs is 1. The second-order valence-electron chi connectivity index (χ2n) is 6.98. The van der Waals surface area contributed by atoms with Crippen molar-refractivity contribution >= 4 is 46.7 Å². The summed E-state index contributed by atoms with van der Waals surface area (Å²) in [5.41, 5.74) is -0.494. The molecule has 2 aromatic rings. The van der Waals surface area contributed by atoms with Crippen LogP contribution in [0.25, 0.3) is 0 Å². The van der Waals surface area contributed by atoms with Gasteiger partial charge in [-0.15, -0.1) is 0 Å². The van der Waals surface area contributed by atoms with Crippen LogP contribution in [0.15, 0.2) is 36.4 Å². The van der Waals surface area contributed by atoms with Gasteiger partial charge in [0, 0.05) is 5.02 Å². The van der Waals surface area contributed by atoms with Gasteiger partial charge < -0.3 is 20.1 Å². The predicted octanol–water partition coefficient (Wildman–Crippen LogP) is 3.17. The van der Waals surface area contributed by atoms with Gasteiger partial charge in [-0.2, -0.15) is 0 Å². The second-order valence-corrected chi connectivity index (χ2v) is 7.82. The minimum absolute atomic E-state index is 0.245. The molecule has 1 unspecified atom stereocenters. The topological polar surface area (TPSA) is 97.0 Å². The Bertz CT molecular complexity index is 1060. The van der Waals surface area contributed by atoms with Crippen LogP contribution in [0.4, 0.5) is 10.5 Å². The fraction of sp³-hybridized carbons (Fsp3) is 0.250. The number of hydrogen-bond donors (Lipinski definition) is 2. The van der Waals surface area contributed by atoms with E-state index in [1.165, 1.54) is 12.1 Å². The Morgan fingerprint density at radius 1 is 1.13 bits per heavy atom. The molecule has 0 saturated carbocycles. The van der Waals surface area contributed by atoms with E-state index in [0.717, 1.165) is 4.90 Å². The number of benzene rings is 2. The number of hydrogen-bond acceptors (Lipinski definition) is 5. The summed E-state index contributed by atoms with van der Waals surface area (Å²) >= 11 is 11.9. The number of nitrogens with zero attached hydrogens (tertiary/aromatic N) is 1. The number of rotatable bonds is 4. The molecule has 0 bridgehead atoms. The number of ether oxygens (including phenoxy) is 2. The molecule has 30 heavy (non-hydrogen) atoms. The molecule has 2 N–H and O–H groups in total. The largest absolute Gasteiger partial charge is 0.486 e. The molecular formula is C20H17Cl2N3O5. The van der Waals surface area contributed by atoms with Crippen LogP contribution in [0, 0.1) is 0 Å². The molecule has 2 heterocycles. The van der Waals surface area contributed by atoms with E-state index in [4.69, 9.17) is 32.7 Å². The summed E-state index contributed by atoms with van der Waals surface area (Å²) in [6.45, 7) is 1.95. The maximum absolute atomic E-state index is 13.1. The van der Waals surface area contributed by atoms with Crippen molar-refractivity contribution in [1.29, 1.82) is 0 Å². The standard InChI is InChI=1S/C20H17Cl2N3O5/c1-20(11-2-5-15-16(8-11)30-7-6-29-15)18(27)25(19(28)24-20)10-17(26)23-14-4-3-12(21)9-13(14)22/h2-5,8-9H,6-7,10H2,1H3,(H,23,26)(H,24,28). The van der Waals surface area contributed by atoms with Crippen LogP contribution >= 0.6 is 23.2 Å². The summed E-state index contributed by atoms with van der Waals surface area (Å²) in [5.74, 6) is -0.0623. The van der Waals surface area contributed by atoms with Gasteiger partial charge >= 0.3 is 6.03 Å². The number of anilines is 1. The zero-order chi connectivity index (χ0) is 21.5. The lowest BCUT2D eigenvalue weighted by Gasteiger charge is -2.25. The minimum atomic E-state index is -1.34. The highest BCUT2D eigenvalue weighted by atomic mass is 35.5. The number of carbonyl (C=O) groups is 3. The Balaban J connectivity index is 1.51. The number of amides is 4. The first-order valence-corrected chi connectivity index (χ1v) is 9.82. The molecule has 4 amide bonds. The van der Waals surface area contributed by atoms with Crippen LogP contribution in [0.3, 0.4) is 0 Å². The monoisotopic (exact) mass is 449 g/mol. The van der Waals surface area contributed by atoms with Crippen LogP contribution < -0.4 is 20.1 Å². The number of imide groups is 1. The SMILES string of the molecule is CC1(c2ccc3c(c2)OCCO3)NC(=O)N(CC(=O)Nc2ccc(Cl)cc2Cl)C1=O. The lowest BCUT2D eigenvalue weighted by atomic mass is 9.91. The molecule has 0 spiro atoms. The van der Waals surface area contributed by atoms with Crippen LogP contribution in [-0.4, -0.2) is 42.5 Å². The highest BCUT2D eigenvalue weighted by Gasteiger charge is 2.49. The van der Waals surface area contributed by atoms with Gasteiger partial charge in [0.05, 0.1) is 10.7 Å². The normalized spacial score (nSPS) is 20.2. The predicted molar refractivity (Wildman–Crippen MR) is 110 cm³/mol. The van der Waals surface area contributed by atoms with Gasteiger partial charge in [-0.1, -0.05) is 29.3 Å². The van der Waals surface area contributed by atoms with Gasteiger partial charge in [-0.25, -0.2) is 4.79 Å². The number of halogens is 2. The summed E-state index contributed by atoms with van der Waals surface area (Å²) in [5, 5.41) is 5.90. The van der Waals surface area contributed by atoms with E-state index in [1.54, 1.807) is 31.2 Å². The third-order valence-electron chi connectivity index (χ3n) is 4.90. The summed E-state index contributed by atoms with van der Waals surface area (Å²) in [7, 11) is 0. The van der Waals surface area contributed by atoms with Gasteiger partial charge in [-0.05, 0) is 42.8 Å². The quantitative estimate of drug-likeness (QED) is 0.698. The molecule has 1 atom stereocenters. The molecule has 0 aliphatic carbocycles. The molecule has 1 fully saturated rings. The first-order valence-electron chi connectivity index (χ1n) is 9.07. The van der Waals surface area contributed by atoms with Crippen molar-refractivity contribution in [2.75, 3.05) is 25.1 Å². The van der Waals surface area contributed by atoms with Crippen molar-refractivity contribution in [1.82, 2.24) is 10.2 Å². The molecule has 2 aliphatic rings. The average molecular weight is 450 g/mol. The molecular weight excluding hydrogens is 433 g/mol. The van der Waals surface area contributed by atoms with Crippen molar-refractivity contribution in [2.45, 2.75) is 12.5 Å². The second kappa shape index (κ2) is 7.70. The first kappa shape index (κ1) is 20.3. The van der Waals surface area contributed by atoms with E-state index in [2.05, 4.69) is 10.6 Å². The van der Waals surface area contributed by atoms with Gasteiger partial charge in [0.1, 0.15) is 25.3 Å². The molecule has 0 aromatic heterocycles. The summed E-state index contributed by atoms with van der Waals surface area (Å²) in [4.78, 5) is 38.8. The molecule has 156 valence electrons. The number of nitrogens with one attached hydrogen (secondary N) is 2. The van der Waals surface area contributed by atoms with Crippen molar-refractivity contribution in [3.8, 4) is 11.5 Å². The van der Waals surface area contributed by atoms with Crippen molar-refractivity contribution in [2.24, 2.45) is 0 Å². The smallest absolute Gasteiger partial charge is 0.325 e. The Kier molecular flexibility index (Phi) is 5.21. The van der Waals surface area contributed by atoms with E-state index in [1.807, 2.05) is 0 Å². The van der Waals surface area contributed by atoms with Gasteiger partial charge in [0.15, 0.2) is 11.5 Å². The van der Waals surface area contributed by atoms with E-state index in [0.29, 0.717) is 41.0 Å². The maximum Gasteiger partial charge on any atom is 0.325 e. The Morgan fingerprint density at radius 2 is 1.87 bits per heavy atom. The van der Waals surface area contributed by atoms with Crippen LogP contribution in [0.1, 0.15) is 12.5 Å². The molecule has 0 radical (unpaired) electrons. The fourth-order valence-electron chi connectivity index (χ4n) is 3.31. The highest BCUT2D eigenvalue weighted by molar-refractivity contribution is 6.36. The van der Waals surface area contributed by atoms with Gasteiger partial charge in [0.25, 0.3) is 5.91 Å². The van der Waals surface area contributed by atoms with Gasteiger partial charge in [-0.3, -0.25) is 14.5 Å². The Labute approximate surface area is 182 Å². The molecule has 8 nitrogen and oxygen atoms in total. The number of urea groups is 1. The number of carbonyl (C=O) groups excluding carboxylic acids is 3. The zero-order valence-corrected chi connectivity index (χ0v) is 17.3. The van der Waals surface area contributed by atoms with E-state index >= 15 is 0 Å². The molecule has 2 aromatic carbocycles. The average Bonchev–Trinajstić information content (AvgIpc) is 2.94. The van der Waals surface area contributed by atoms with E-state index in [-0.39, 0.29) is 5.02 Å². The summed E-state index contributed by atoms with van der Waals surface area (Å²) in [6.07, 6.45) is 0. The molecule has 2 aliphatic heterocycles. The highest BCUT2D eigenvalue weighted by Crippen LogP contribution is 2.37. The van der Waals surface area contributed by atoms with Crippen molar-refractivity contribution in [3.63, 3.8) is 0 Å². The zero-order valence-electron chi connectivity index (χ0n) is 15.8. The molecule has 1 saturated heterocycles. The Morgan fingerprint density at radius 3 is 2.60 bits per heavy atom. The molecule has 4 rings (SSSR count). The first-order chi connectivity index (χ1) is 14.3. The lowest BCUT2D eigenvalue weighted by molar-refractivity contribution is -0.133. The molecule has 10 heteroatoms. The lowest BCUT2D eigenvalue weighted by Crippen LogP contribution is -2.42. The van der Waals surface area contributed by atoms with Crippen molar-refractivity contribution in [3.05, 3.63) is 52.0 Å². The van der Waals surface area contributed by atoms with Gasteiger partial charge in [0.2, 0.25) is 5.91 Å².